The fraction of sp³-hybridized carbons (Fsp3) is 0.423. The molecule has 0 amide bonds. The molecule has 2 N–H and O–H groups in total. The van der Waals surface area contributed by atoms with E-state index < -0.39 is 0 Å². The molecule has 0 spiro atoms. The van der Waals surface area contributed by atoms with Crippen molar-refractivity contribution in [1.82, 2.24) is 9.88 Å². The predicted octanol–water partition coefficient (Wildman–Crippen LogP) is 6.63. The van der Waals surface area contributed by atoms with E-state index in [1.165, 1.54) is 45.3 Å². The Morgan fingerprint density at radius 3 is 2.69 bits per heavy atom. The van der Waals surface area contributed by atoms with Crippen LogP contribution < -0.4 is 15.4 Å². The number of hydrogen-bond acceptors (Lipinski definition) is 5. The molecule has 0 unspecified atom stereocenters. The van der Waals surface area contributed by atoms with Gasteiger partial charge in [0.1, 0.15) is 11.6 Å². The van der Waals surface area contributed by atoms with Gasteiger partial charge in [-0.1, -0.05) is 24.1 Å². The number of rotatable bonds is 9. The largest absolute Gasteiger partial charge is 0.495 e. The molecular formula is C26H33ClN4O. The minimum atomic E-state index is 0.740. The smallest absolute Gasteiger partial charge is 0.142 e. The third kappa shape index (κ3) is 5.64. The number of benzene rings is 2. The lowest BCUT2D eigenvalue weighted by Crippen LogP contribution is -2.30. The molecule has 1 aliphatic rings. The summed E-state index contributed by atoms with van der Waals surface area (Å²) >= 11 is 6.31. The summed E-state index contributed by atoms with van der Waals surface area (Å²) in [6.07, 6.45) is 8.26. The molecule has 1 aliphatic heterocycles. The van der Waals surface area contributed by atoms with Crippen LogP contribution in [-0.2, 0) is 0 Å². The number of aryl methyl sites for hydroxylation is 1. The van der Waals surface area contributed by atoms with E-state index in [-0.39, 0.29) is 0 Å². The van der Waals surface area contributed by atoms with Crippen LogP contribution in [-0.4, -0.2) is 43.2 Å². The Labute approximate surface area is 196 Å². The minimum absolute atomic E-state index is 0.740. The fourth-order valence-electron chi connectivity index (χ4n) is 4.28. The number of halogens is 1. The minimum Gasteiger partial charge on any atom is -0.495 e. The maximum absolute atomic E-state index is 6.31. The average molecular weight is 453 g/mol. The van der Waals surface area contributed by atoms with E-state index in [9.17, 15) is 0 Å². The van der Waals surface area contributed by atoms with E-state index in [4.69, 9.17) is 16.3 Å². The second kappa shape index (κ2) is 10.9. The zero-order valence-electron chi connectivity index (χ0n) is 19.1. The number of anilines is 3. The number of ether oxygens (including phenoxy) is 1. The highest BCUT2D eigenvalue weighted by atomic mass is 35.5. The summed E-state index contributed by atoms with van der Waals surface area (Å²) < 4.78 is 5.66. The Kier molecular flexibility index (Phi) is 7.72. The molecule has 170 valence electrons. The molecule has 1 aromatic heterocycles. The highest BCUT2D eigenvalue weighted by Gasteiger charge is 2.11. The van der Waals surface area contributed by atoms with Crippen molar-refractivity contribution in [1.29, 1.82) is 0 Å². The Bertz CT molecular complexity index is 1050. The van der Waals surface area contributed by atoms with Crippen LogP contribution in [0.4, 0.5) is 17.2 Å². The van der Waals surface area contributed by atoms with Gasteiger partial charge < -0.3 is 20.3 Å². The number of likely N-dealkylation sites (tertiary alicyclic amines) is 1. The molecule has 32 heavy (non-hydrogen) atoms. The van der Waals surface area contributed by atoms with Gasteiger partial charge in [-0.25, -0.2) is 4.98 Å². The van der Waals surface area contributed by atoms with E-state index >= 15 is 0 Å². The molecule has 4 rings (SSSR count). The number of pyridine rings is 1. The SMILES string of the molecule is COc1cc2ccnc(Nc3ccc(C)c(Cl)c3)c2cc1NCCCCN1CCCCC1. The quantitative estimate of drug-likeness (QED) is 0.357. The van der Waals surface area contributed by atoms with Gasteiger partial charge in [-0.3, -0.25) is 0 Å². The van der Waals surface area contributed by atoms with Crippen molar-refractivity contribution in [2.45, 2.75) is 39.0 Å². The van der Waals surface area contributed by atoms with Gasteiger partial charge in [0, 0.05) is 28.8 Å². The first-order valence-corrected chi connectivity index (χ1v) is 12.0. The average Bonchev–Trinajstić information content (AvgIpc) is 2.81. The van der Waals surface area contributed by atoms with E-state index in [0.717, 1.165) is 57.3 Å². The lowest BCUT2D eigenvalue weighted by Gasteiger charge is -2.26. The van der Waals surface area contributed by atoms with Crippen molar-refractivity contribution < 1.29 is 4.74 Å². The Morgan fingerprint density at radius 2 is 1.91 bits per heavy atom. The lowest BCUT2D eigenvalue weighted by atomic mass is 10.1. The standard InChI is InChI=1S/C26H33ClN4O/c1-19-8-9-21(17-23(19)27)30-26-22-18-24(25(32-2)16-20(22)10-12-29-26)28-11-4-7-15-31-13-5-3-6-14-31/h8-10,12,16-18,28H,3-7,11,13-15H2,1-2H3,(H,29,30). The highest BCUT2D eigenvalue weighted by molar-refractivity contribution is 6.31. The number of piperidine rings is 1. The Balaban J connectivity index is 1.45. The van der Waals surface area contributed by atoms with Crippen LogP contribution >= 0.6 is 11.6 Å². The summed E-state index contributed by atoms with van der Waals surface area (Å²) in [7, 11) is 1.72. The highest BCUT2D eigenvalue weighted by Crippen LogP contribution is 2.34. The van der Waals surface area contributed by atoms with E-state index in [2.05, 4.69) is 32.7 Å². The first-order valence-electron chi connectivity index (χ1n) is 11.6. The molecule has 0 atom stereocenters. The molecule has 0 saturated carbocycles. The van der Waals surface area contributed by atoms with Crippen molar-refractivity contribution >= 4 is 39.6 Å². The van der Waals surface area contributed by atoms with Crippen LogP contribution in [0, 0.1) is 6.92 Å². The predicted molar refractivity (Wildman–Crippen MR) is 136 cm³/mol. The fourth-order valence-corrected chi connectivity index (χ4v) is 4.46. The van der Waals surface area contributed by atoms with Crippen molar-refractivity contribution in [3.8, 4) is 5.75 Å². The van der Waals surface area contributed by atoms with Crippen LogP contribution in [0.5, 0.6) is 5.75 Å². The van der Waals surface area contributed by atoms with Gasteiger partial charge in [-0.2, -0.15) is 0 Å². The second-order valence-corrected chi connectivity index (χ2v) is 8.97. The van der Waals surface area contributed by atoms with Crippen molar-refractivity contribution in [3.05, 3.63) is 53.2 Å². The van der Waals surface area contributed by atoms with Crippen LogP contribution in [0.25, 0.3) is 10.8 Å². The lowest BCUT2D eigenvalue weighted by molar-refractivity contribution is 0.225. The zero-order valence-corrected chi connectivity index (χ0v) is 19.8. The molecule has 5 nitrogen and oxygen atoms in total. The maximum Gasteiger partial charge on any atom is 0.142 e. The molecule has 0 radical (unpaired) electrons. The number of methoxy groups -OCH3 is 1. The zero-order chi connectivity index (χ0) is 22.3. The topological polar surface area (TPSA) is 49.4 Å². The number of nitrogens with zero attached hydrogens (tertiary/aromatic N) is 2. The molecule has 2 heterocycles. The summed E-state index contributed by atoms with van der Waals surface area (Å²) in [6, 6.07) is 12.2. The molecule has 1 saturated heterocycles. The van der Waals surface area contributed by atoms with Gasteiger partial charge >= 0.3 is 0 Å². The van der Waals surface area contributed by atoms with E-state index in [0.29, 0.717) is 0 Å². The molecule has 2 aromatic carbocycles. The van der Waals surface area contributed by atoms with E-state index in [1.54, 1.807) is 7.11 Å². The first-order chi connectivity index (χ1) is 15.6. The van der Waals surface area contributed by atoms with Gasteiger partial charge in [0.15, 0.2) is 0 Å². The summed E-state index contributed by atoms with van der Waals surface area (Å²) in [5.74, 6) is 1.65. The van der Waals surface area contributed by atoms with Crippen molar-refractivity contribution in [2.75, 3.05) is 43.9 Å². The van der Waals surface area contributed by atoms with Crippen molar-refractivity contribution in [3.63, 3.8) is 0 Å². The summed E-state index contributed by atoms with van der Waals surface area (Å²) in [4.78, 5) is 7.18. The Morgan fingerprint density at radius 1 is 1.06 bits per heavy atom. The summed E-state index contributed by atoms with van der Waals surface area (Å²) in [5.41, 5.74) is 2.97. The summed E-state index contributed by atoms with van der Waals surface area (Å²) in [6.45, 7) is 6.65. The third-order valence-corrected chi connectivity index (χ3v) is 6.59. The molecular weight excluding hydrogens is 420 g/mol. The first kappa shape index (κ1) is 22.7. The van der Waals surface area contributed by atoms with Crippen LogP contribution in [0.3, 0.4) is 0 Å². The number of unbranched alkanes of at least 4 members (excludes halogenated alkanes) is 1. The normalized spacial score (nSPS) is 14.5. The maximum atomic E-state index is 6.31. The van der Waals surface area contributed by atoms with E-state index in [1.807, 2.05) is 37.4 Å². The van der Waals surface area contributed by atoms with Gasteiger partial charge in [0.25, 0.3) is 0 Å². The molecule has 0 aliphatic carbocycles. The van der Waals surface area contributed by atoms with Crippen molar-refractivity contribution in [2.24, 2.45) is 0 Å². The number of aromatic nitrogens is 1. The monoisotopic (exact) mass is 452 g/mol. The van der Waals surface area contributed by atoms with Gasteiger partial charge in [-0.15, -0.1) is 0 Å². The van der Waals surface area contributed by atoms with Gasteiger partial charge in [0.2, 0.25) is 0 Å². The van der Waals surface area contributed by atoms with Crippen LogP contribution in [0.1, 0.15) is 37.7 Å². The number of fused-ring (bicyclic) bond motifs is 1. The molecule has 0 bridgehead atoms. The molecule has 3 aromatic rings. The second-order valence-electron chi connectivity index (χ2n) is 8.56. The van der Waals surface area contributed by atoms with Crippen LogP contribution in [0.2, 0.25) is 5.02 Å². The van der Waals surface area contributed by atoms with Crippen LogP contribution in [0.15, 0.2) is 42.6 Å². The Hall–Kier alpha value is -2.50. The third-order valence-electron chi connectivity index (χ3n) is 6.18. The molecule has 6 heteroatoms. The number of hydrogen-bond donors (Lipinski definition) is 2. The number of nitrogens with one attached hydrogen (secondary N) is 2. The summed E-state index contributed by atoms with van der Waals surface area (Å²) in [5, 5.41) is 9.86. The molecule has 1 fully saturated rings. The van der Waals surface area contributed by atoms with Gasteiger partial charge in [0.05, 0.1) is 12.8 Å². The van der Waals surface area contributed by atoms with Gasteiger partial charge in [-0.05, 0) is 93.5 Å².